The van der Waals surface area contributed by atoms with Gasteiger partial charge in [-0.05, 0) is 17.3 Å². The molecule has 0 aromatic carbocycles. The molecule has 1 heterocycles. The fourth-order valence-corrected chi connectivity index (χ4v) is 2.17. The summed E-state index contributed by atoms with van der Waals surface area (Å²) in [6.07, 6.45) is 0. The third-order valence-electron chi connectivity index (χ3n) is 3.61. The summed E-state index contributed by atoms with van der Waals surface area (Å²) in [5.41, 5.74) is 6.26. The first-order chi connectivity index (χ1) is 6.36. The summed E-state index contributed by atoms with van der Waals surface area (Å²) in [5, 5.41) is 0. The second-order valence-corrected chi connectivity index (χ2v) is 6.06. The van der Waals surface area contributed by atoms with Crippen molar-refractivity contribution in [2.24, 2.45) is 23.0 Å². The monoisotopic (exact) mass is 198 g/mol. The Bertz CT molecular complexity index is 175. The van der Waals surface area contributed by atoms with E-state index >= 15 is 0 Å². The van der Waals surface area contributed by atoms with Crippen LogP contribution in [0.25, 0.3) is 0 Å². The average Bonchev–Trinajstić information content (AvgIpc) is 1.91. The molecule has 0 aromatic heterocycles. The van der Waals surface area contributed by atoms with Crippen molar-refractivity contribution in [3.8, 4) is 0 Å². The Balaban J connectivity index is 2.40. The zero-order valence-electron chi connectivity index (χ0n) is 10.4. The first kappa shape index (κ1) is 12.0. The predicted octanol–water partition coefficient (Wildman–Crippen LogP) is 1.95. The molecule has 0 aliphatic carbocycles. The third-order valence-corrected chi connectivity index (χ3v) is 3.61. The van der Waals surface area contributed by atoms with Crippen LogP contribution in [-0.2, 0) is 0 Å². The molecule has 1 atom stereocenters. The minimum absolute atomic E-state index is 0.465. The first-order valence-corrected chi connectivity index (χ1v) is 5.80. The minimum Gasteiger partial charge on any atom is -0.329 e. The molecule has 0 bridgehead atoms. The molecular formula is C12H26N2. The molecule has 0 aromatic rings. The van der Waals surface area contributed by atoms with E-state index in [9.17, 15) is 0 Å². The number of hydrogen-bond donors (Lipinski definition) is 1. The summed E-state index contributed by atoms with van der Waals surface area (Å²) >= 11 is 0. The summed E-state index contributed by atoms with van der Waals surface area (Å²) in [6.45, 7) is 14.8. The van der Waals surface area contributed by atoms with Crippen molar-refractivity contribution in [1.29, 1.82) is 0 Å². The maximum Gasteiger partial charge on any atom is 0.0241 e. The molecule has 1 rings (SSSR count). The summed E-state index contributed by atoms with van der Waals surface area (Å²) in [7, 11) is 0. The second-order valence-electron chi connectivity index (χ2n) is 6.06. The molecule has 1 aliphatic rings. The molecule has 0 spiro atoms. The van der Waals surface area contributed by atoms with Crippen molar-refractivity contribution < 1.29 is 0 Å². The van der Waals surface area contributed by atoms with E-state index in [0.29, 0.717) is 17.4 Å². The summed E-state index contributed by atoms with van der Waals surface area (Å²) < 4.78 is 0. The number of rotatable bonds is 3. The van der Waals surface area contributed by atoms with E-state index in [4.69, 9.17) is 5.73 Å². The Kier molecular flexibility index (Phi) is 3.59. The van der Waals surface area contributed by atoms with Gasteiger partial charge in [-0.2, -0.15) is 0 Å². The molecule has 1 saturated heterocycles. The molecule has 2 N–H and O–H groups in total. The predicted molar refractivity (Wildman–Crippen MR) is 62.2 cm³/mol. The van der Waals surface area contributed by atoms with Crippen LogP contribution in [0.15, 0.2) is 0 Å². The van der Waals surface area contributed by atoms with Crippen molar-refractivity contribution in [2.75, 3.05) is 19.6 Å². The zero-order valence-corrected chi connectivity index (χ0v) is 10.4. The Labute approximate surface area is 88.8 Å². The highest BCUT2D eigenvalue weighted by Crippen LogP contribution is 2.35. The maximum atomic E-state index is 5.80. The van der Waals surface area contributed by atoms with Crippen LogP contribution in [0, 0.1) is 17.3 Å². The molecule has 84 valence electrons. The van der Waals surface area contributed by atoms with Gasteiger partial charge in [-0.25, -0.2) is 0 Å². The lowest BCUT2D eigenvalue weighted by atomic mass is 9.75. The molecule has 1 unspecified atom stereocenters. The van der Waals surface area contributed by atoms with E-state index in [2.05, 4.69) is 39.5 Å². The van der Waals surface area contributed by atoms with Gasteiger partial charge in [0.2, 0.25) is 0 Å². The third kappa shape index (κ3) is 2.48. The van der Waals surface area contributed by atoms with Crippen molar-refractivity contribution in [3.05, 3.63) is 0 Å². The second kappa shape index (κ2) is 4.19. The Morgan fingerprint density at radius 3 is 2.07 bits per heavy atom. The zero-order chi connectivity index (χ0) is 10.9. The van der Waals surface area contributed by atoms with Gasteiger partial charge in [-0.3, -0.25) is 4.90 Å². The van der Waals surface area contributed by atoms with Crippen LogP contribution in [0.4, 0.5) is 0 Å². The average molecular weight is 198 g/mol. The number of hydrogen-bond acceptors (Lipinski definition) is 2. The van der Waals surface area contributed by atoms with Crippen LogP contribution in [0.5, 0.6) is 0 Å². The molecule has 1 aliphatic heterocycles. The molecule has 14 heavy (non-hydrogen) atoms. The van der Waals surface area contributed by atoms with Crippen molar-refractivity contribution in [1.82, 2.24) is 4.90 Å². The smallest absolute Gasteiger partial charge is 0.0241 e. The maximum absolute atomic E-state index is 5.80. The summed E-state index contributed by atoms with van der Waals surface area (Å²) in [4.78, 5) is 2.54. The van der Waals surface area contributed by atoms with Crippen LogP contribution < -0.4 is 5.73 Å². The number of nitrogens with zero attached hydrogens (tertiary/aromatic N) is 1. The van der Waals surface area contributed by atoms with Crippen LogP contribution in [0.3, 0.4) is 0 Å². The van der Waals surface area contributed by atoms with Gasteiger partial charge in [0.15, 0.2) is 0 Å². The lowest BCUT2D eigenvalue weighted by molar-refractivity contribution is -0.0176. The van der Waals surface area contributed by atoms with E-state index in [1.54, 1.807) is 0 Å². The fraction of sp³-hybridized carbons (Fsp3) is 1.00. The largest absolute Gasteiger partial charge is 0.329 e. The van der Waals surface area contributed by atoms with Gasteiger partial charge in [0.05, 0.1) is 0 Å². The van der Waals surface area contributed by atoms with Crippen molar-refractivity contribution in [3.63, 3.8) is 0 Å². The number of likely N-dealkylation sites (tertiary alicyclic amines) is 1. The minimum atomic E-state index is 0.465. The van der Waals surface area contributed by atoms with Gasteiger partial charge in [0.1, 0.15) is 0 Å². The molecule has 0 saturated carbocycles. The van der Waals surface area contributed by atoms with Crippen molar-refractivity contribution >= 4 is 0 Å². The van der Waals surface area contributed by atoms with E-state index in [1.807, 2.05) is 0 Å². The van der Waals surface area contributed by atoms with Gasteiger partial charge in [-0.15, -0.1) is 0 Å². The highest BCUT2D eigenvalue weighted by Gasteiger charge is 2.38. The Morgan fingerprint density at radius 2 is 1.79 bits per heavy atom. The van der Waals surface area contributed by atoms with Gasteiger partial charge < -0.3 is 5.73 Å². The molecule has 0 amide bonds. The molecular weight excluding hydrogens is 172 g/mol. The van der Waals surface area contributed by atoms with E-state index < -0.39 is 0 Å². The molecule has 0 radical (unpaired) electrons. The normalized spacial score (nSPS) is 22.5. The molecule has 2 nitrogen and oxygen atoms in total. The fourth-order valence-electron chi connectivity index (χ4n) is 2.17. The van der Waals surface area contributed by atoms with Crippen LogP contribution in [0.2, 0.25) is 0 Å². The van der Waals surface area contributed by atoms with E-state index in [1.165, 1.54) is 13.1 Å². The Morgan fingerprint density at radius 1 is 1.29 bits per heavy atom. The SMILES string of the molecule is CC(C)C(CN)N1CC(C(C)(C)C)C1. The first-order valence-electron chi connectivity index (χ1n) is 5.80. The topological polar surface area (TPSA) is 29.3 Å². The van der Waals surface area contributed by atoms with Crippen molar-refractivity contribution in [2.45, 2.75) is 40.7 Å². The van der Waals surface area contributed by atoms with E-state index in [-0.39, 0.29) is 0 Å². The van der Waals surface area contributed by atoms with Gasteiger partial charge in [0, 0.05) is 25.7 Å². The summed E-state index contributed by atoms with van der Waals surface area (Å²) in [6, 6.07) is 0.591. The Hall–Kier alpha value is -0.0800. The molecule has 1 fully saturated rings. The van der Waals surface area contributed by atoms with E-state index in [0.717, 1.165) is 12.5 Å². The lowest BCUT2D eigenvalue weighted by Gasteiger charge is -2.50. The van der Waals surface area contributed by atoms with Gasteiger partial charge in [0.25, 0.3) is 0 Å². The highest BCUT2D eigenvalue weighted by atomic mass is 15.2. The highest BCUT2D eigenvalue weighted by molar-refractivity contribution is 4.92. The van der Waals surface area contributed by atoms with Crippen LogP contribution in [-0.4, -0.2) is 30.6 Å². The van der Waals surface area contributed by atoms with Gasteiger partial charge >= 0.3 is 0 Å². The van der Waals surface area contributed by atoms with Crippen LogP contribution in [0.1, 0.15) is 34.6 Å². The standard InChI is InChI=1S/C12H26N2/c1-9(2)11(6-13)14-7-10(8-14)12(3,4)5/h9-11H,6-8,13H2,1-5H3. The van der Waals surface area contributed by atoms with Crippen LogP contribution >= 0.6 is 0 Å². The van der Waals surface area contributed by atoms with Gasteiger partial charge in [-0.1, -0.05) is 34.6 Å². The summed E-state index contributed by atoms with van der Waals surface area (Å²) in [5.74, 6) is 1.54. The molecule has 2 heteroatoms. The lowest BCUT2D eigenvalue weighted by Crippen LogP contribution is -2.59. The number of nitrogens with two attached hydrogens (primary N) is 1. The quantitative estimate of drug-likeness (QED) is 0.751.